The van der Waals surface area contributed by atoms with E-state index in [1.54, 1.807) is 0 Å². The summed E-state index contributed by atoms with van der Waals surface area (Å²) in [5.74, 6) is 0.631. The molecule has 0 spiro atoms. The molecule has 0 aliphatic heterocycles. The van der Waals surface area contributed by atoms with Crippen LogP contribution in [0.4, 0.5) is 0 Å². The van der Waals surface area contributed by atoms with Crippen LogP contribution in [0.5, 0.6) is 0 Å². The van der Waals surface area contributed by atoms with E-state index in [9.17, 15) is 0 Å². The van der Waals surface area contributed by atoms with Crippen LogP contribution < -0.4 is 5.32 Å². The van der Waals surface area contributed by atoms with Gasteiger partial charge < -0.3 is 5.32 Å². The summed E-state index contributed by atoms with van der Waals surface area (Å²) in [5.41, 5.74) is 3.49. The Morgan fingerprint density at radius 3 is 2.29 bits per heavy atom. The minimum atomic E-state index is 0.631. The normalized spacial score (nSPS) is 17.4. The first-order valence-corrected chi connectivity index (χ1v) is 6.95. The maximum atomic E-state index is 3.60. The molecule has 0 radical (unpaired) electrons. The lowest BCUT2D eigenvalue weighted by Gasteiger charge is -2.13. The van der Waals surface area contributed by atoms with E-state index in [1.165, 1.54) is 36.9 Å². The van der Waals surface area contributed by atoms with Crippen molar-refractivity contribution in [3.8, 4) is 0 Å². The molecule has 0 atom stereocenters. The van der Waals surface area contributed by atoms with Crippen LogP contribution in [0, 0.1) is 5.41 Å². The molecule has 2 rings (SSSR count). The van der Waals surface area contributed by atoms with Gasteiger partial charge >= 0.3 is 0 Å². The Morgan fingerprint density at radius 2 is 1.82 bits per heavy atom. The molecular formula is C16H25N. The Hall–Kier alpha value is -0.820. The average Bonchev–Trinajstić information content (AvgIpc) is 3.10. The number of nitrogens with one attached hydrogen (secondary N) is 1. The molecule has 94 valence electrons. The van der Waals surface area contributed by atoms with Crippen LogP contribution in [0.2, 0.25) is 0 Å². The highest BCUT2D eigenvalue weighted by atomic mass is 14.9. The molecule has 0 bridgehead atoms. The van der Waals surface area contributed by atoms with E-state index in [-0.39, 0.29) is 0 Å². The molecule has 1 aliphatic rings. The van der Waals surface area contributed by atoms with Crippen LogP contribution in [-0.4, -0.2) is 6.54 Å². The summed E-state index contributed by atoms with van der Waals surface area (Å²) in [6, 6.07) is 9.03. The van der Waals surface area contributed by atoms with Crippen LogP contribution in [-0.2, 0) is 6.54 Å². The molecule has 1 nitrogen and oxygen atoms in total. The lowest BCUT2D eigenvalue weighted by Crippen LogP contribution is -2.23. The van der Waals surface area contributed by atoms with E-state index in [4.69, 9.17) is 0 Å². The quantitative estimate of drug-likeness (QED) is 0.777. The number of rotatable bonds is 6. The Balaban J connectivity index is 1.79. The SMILES string of the molecule is CCC1(CNCc2ccc(C(C)C)cc2)CC1. The maximum absolute atomic E-state index is 3.60. The van der Waals surface area contributed by atoms with Crippen LogP contribution in [0.25, 0.3) is 0 Å². The fourth-order valence-electron chi connectivity index (χ4n) is 2.32. The fraction of sp³-hybridized carbons (Fsp3) is 0.625. The van der Waals surface area contributed by atoms with Crippen molar-refractivity contribution in [3.63, 3.8) is 0 Å². The van der Waals surface area contributed by atoms with Crippen molar-refractivity contribution in [2.45, 2.75) is 52.5 Å². The second-order valence-corrected chi connectivity index (χ2v) is 5.85. The van der Waals surface area contributed by atoms with Crippen LogP contribution in [0.1, 0.15) is 57.1 Å². The van der Waals surface area contributed by atoms with Gasteiger partial charge in [-0.1, -0.05) is 45.0 Å². The topological polar surface area (TPSA) is 12.0 Å². The standard InChI is InChI=1S/C16H25N/c1-4-16(9-10-16)12-17-11-14-5-7-15(8-6-14)13(2)3/h5-8,13,17H,4,9-12H2,1-3H3. The minimum absolute atomic E-state index is 0.631. The van der Waals surface area contributed by atoms with Gasteiger partial charge in [-0.05, 0) is 41.7 Å². The molecule has 0 heterocycles. The lowest BCUT2D eigenvalue weighted by atomic mass is 10.0. The predicted octanol–water partition coefficient (Wildman–Crippen LogP) is 4.09. The van der Waals surface area contributed by atoms with Gasteiger partial charge in [0.15, 0.2) is 0 Å². The molecule has 0 unspecified atom stereocenters. The number of hydrogen-bond donors (Lipinski definition) is 1. The van der Waals surface area contributed by atoms with Crippen molar-refractivity contribution < 1.29 is 0 Å². The first-order valence-electron chi connectivity index (χ1n) is 6.95. The Kier molecular flexibility index (Phi) is 3.88. The fourth-order valence-corrected chi connectivity index (χ4v) is 2.32. The summed E-state index contributed by atoms with van der Waals surface area (Å²) < 4.78 is 0. The monoisotopic (exact) mass is 231 g/mol. The predicted molar refractivity (Wildman–Crippen MR) is 74.2 cm³/mol. The molecule has 17 heavy (non-hydrogen) atoms. The highest BCUT2D eigenvalue weighted by molar-refractivity contribution is 5.24. The van der Waals surface area contributed by atoms with Crippen LogP contribution in [0.3, 0.4) is 0 Å². The molecule has 1 heteroatoms. The second-order valence-electron chi connectivity index (χ2n) is 5.85. The molecule has 1 aliphatic carbocycles. The van der Waals surface area contributed by atoms with Crippen molar-refractivity contribution in [2.24, 2.45) is 5.41 Å². The Morgan fingerprint density at radius 1 is 1.18 bits per heavy atom. The third-order valence-corrected chi connectivity index (χ3v) is 4.18. The van der Waals surface area contributed by atoms with E-state index >= 15 is 0 Å². The number of benzene rings is 1. The van der Waals surface area contributed by atoms with Gasteiger partial charge in [-0.3, -0.25) is 0 Å². The van der Waals surface area contributed by atoms with Gasteiger partial charge in [0.05, 0.1) is 0 Å². The molecule has 1 fully saturated rings. The van der Waals surface area contributed by atoms with Gasteiger partial charge in [-0.2, -0.15) is 0 Å². The summed E-state index contributed by atoms with van der Waals surface area (Å²) in [6.07, 6.45) is 4.16. The van der Waals surface area contributed by atoms with Crippen molar-refractivity contribution in [2.75, 3.05) is 6.54 Å². The van der Waals surface area contributed by atoms with Gasteiger partial charge in [-0.15, -0.1) is 0 Å². The van der Waals surface area contributed by atoms with E-state index in [1.807, 2.05) is 0 Å². The highest BCUT2D eigenvalue weighted by Crippen LogP contribution is 2.47. The summed E-state index contributed by atoms with van der Waals surface area (Å²) in [7, 11) is 0. The van der Waals surface area contributed by atoms with Crippen LogP contribution >= 0.6 is 0 Å². The van der Waals surface area contributed by atoms with Gasteiger partial charge in [0.1, 0.15) is 0 Å². The largest absolute Gasteiger partial charge is 0.312 e. The molecule has 1 saturated carbocycles. The third kappa shape index (κ3) is 3.32. The van der Waals surface area contributed by atoms with Crippen molar-refractivity contribution in [1.29, 1.82) is 0 Å². The lowest BCUT2D eigenvalue weighted by molar-refractivity contribution is 0.443. The minimum Gasteiger partial charge on any atom is -0.312 e. The van der Waals surface area contributed by atoms with Crippen molar-refractivity contribution in [1.82, 2.24) is 5.32 Å². The molecule has 0 saturated heterocycles. The first kappa shape index (κ1) is 12.6. The average molecular weight is 231 g/mol. The molecule has 0 amide bonds. The Bertz CT molecular complexity index is 346. The van der Waals surface area contributed by atoms with Gasteiger partial charge in [0, 0.05) is 13.1 Å². The van der Waals surface area contributed by atoms with Gasteiger partial charge in [-0.25, -0.2) is 0 Å². The van der Waals surface area contributed by atoms with E-state index in [0.29, 0.717) is 11.3 Å². The molecule has 1 N–H and O–H groups in total. The van der Waals surface area contributed by atoms with E-state index in [2.05, 4.69) is 50.4 Å². The van der Waals surface area contributed by atoms with Crippen molar-refractivity contribution in [3.05, 3.63) is 35.4 Å². The summed E-state index contributed by atoms with van der Waals surface area (Å²) in [4.78, 5) is 0. The third-order valence-electron chi connectivity index (χ3n) is 4.18. The highest BCUT2D eigenvalue weighted by Gasteiger charge is 2.39. The zero-order valence-electron chi connectivity index (χ0n) is 11.4. The maximum Gasteiger partial charge on any atom is 0.0205 e. The molecule has 1 aromatic carbocycles. The van der Waals surface area contributed by atoms with Crippen molar-refractivity contribution >= 4 is 0 Å². The molecule has 0 aromatic heterocycles. The van der Waals surface area contributed by atoms with E-state index in [0.717, 1.165) is 6.54 Å². The summed E-state index contributed by atoms with van der Waals surface area (Å²) in [5, 5.41) is 3.60. The Labute approximate surface area is 106 Å². The van der Waals surface area contributed by atoms with E-state index < -0.39 is 0 Å². The number of hydrogen-bond acceptors (Lipinski definition) is 1. The van der Waals surface area contributed by atoms with Gasteiger partial charge in [0.2, 0.25) is 0 Å². The molecular weight excluding hydrogens is 206 g/mol. The van der Waals surface area contributed by atoms with Crippen LogP contribution in [0.15, 0.2) is 24.3 Å². The zero-order valence-corrected chi connectivity index (χ0v) is 11.4. The smallest absolute Gasteiger partial charge is 0.0205 e. The molecule has 1 aromatic rings. The first-order chi connectivity index (χ1) is 8.15. The van der Waals surface area contributed by atoms with Gasteiger partial charge in [0.25, 0.3) is 0 Å². The second kappa shape index (κ2) is 5.22. The summed E-state index contributed by atoms with van der Waals surface area (Å²) >= 11 is 0. The zero-order chi connectivity index (χ0) is 12.3. The summed E-state index contributed by atoms with van der Waals surface area (Å²) in [6.45, 7) is 9.00.